The minimum atomic E-state index is -0.0204. The molecule has 2 unspecified atom stereocenters. The lowest BCUT2D eigenvalue weighted by Crippen LogP contribution is -3.18. The third-order valence-corrected chi connectivity index (χ3v) is 4.57. The summed E-state index contributed by atoms with van der Waals surface area (Å²) in [6.45, 7) is 1.24. The van der Waals surface area contributed by atoms with Gasteiger partial charge in [0.1, 0.15) is 0 Å². The number of benzene rings is 1. The number of hydrogen-bond acceptors (Lipinski definition) is 1. The van der Waals surface area contributed by atoms with Gasteiger partial charge in [0.25, 0.3) is 0 Å². The fraction of sp³-hybridized carbons (Fsp3) is 0.600. The normalized spacial score (nSPS) is 36.1. The Kier molecular flexibility index (Phi) is 3.17. The van der Waals surface area contributed by atoms with Crippen molar-refractivity contribution in [1.82, 2.24) is 0 Å². The number of rotatable bonds is 3. The van der Waals surface area contributed by atoms with Crippen LogP contribution >= 0.6 is 0 Å². The van der Waals surface area contributed by atoms with Crippen molar-refractivity contribution < 1.29 is 10.0 Å². The zero-order valence-electron chi connectivity index (χ0n) is 10.3. The van der Waals surface area contributed by atoms with Gasteiger partial charge in [0.2, 0.25) is 0 Å². The molecule has 3 rings (SSSR count). The molecule has 17 heavy (non-hydrogen) atoms. The fourth-order valence-corrected chi connectivity index (χ4v) is 3.74. The maximum atomic E-state index is 9.78. The van der Waals surface area contributed by atoms with Crippen LogP contribution in [0.4, 0.5) is 0 Å². The summed E-state index contributed by atoms with van der Waals surface area (Å²) in [6.07, 6.45) is 5.87. The number of fused-ring (bicyclic) bond motifs is 2. The van der Waals surface area contributed by atoms with Crippen LogP contribution in [0.15, 0.2) is 30.3 Å². The fourth-order valence-electron chi connectivity index (χ4n) is 3.74. The molecule has 92 valence electrons. The van der Waals surface area contributed by atoms with E-state index in [4.69, 9.17) is 0 Å². The van der Waals surface area contributed by atoms with Crippen molar-refractivity contribution >= 4 is 0 Å². The highest BCUT2D eigenvalue weighted by Gasteiger charge is 2.43. The molecule has 2 aliphatic rings. The molecule has 0 radical (unpaired) electrons. The molecule has 2 nitrogen and oxygen atoms in total. The van der Waals surface area contributed by atoms with Gasteiger partial charge in [0.05, 0.1) is 24.7 Å². The molecule has 2 N–H and O–H groups in total. The standard InChI is InChI=1S/C15H21NO/c17-15-10-13-6-7-14(11-15)16(13)9-8-12-4-2-1-3-5-12/h1-5,13-15,17H,6-11H2/p+1/t13-,14+,15?. The van der Waals surface area contributed by atoms with Gasteiger partial charge in [-0.1, -0.05) is 30.3 Å². The lowest BCUT2D eigenvalue weighted by molar-refractivity contribution is -0.942. The third-order valence-electron chi connectivity index (χ3n) is 4.57. The average molecular weight is 232 g/mol. The molecule has 0 aromatic heterocycles. The molecule has 1 aromatic rings. The first kappa shape index (κ1) is 11.2. The number of aliphatic hydroxyl groups is 1. The number of piperidine rings is 1. The highest BCUT2D eigenvalue weighted by Crippen LogP contribution is 2.22. The SMILES string of the molecule is OC1C[C@H]2CC[C@@H](C1)[NH+]2CCc1ccccc1. The van der Waals surface area contributed by atoms with Gasteiger partial charge in [-0.3, -0.25) is 0 Å². The third kappa shape index (κ3) is 2.38. The minimum Gasteiger partial charge on any atom is -0.393 e. The molecule has 2 heteroatoms. The predicted octanol–water partition coefficient (Wildman–Crippen LogP) is 0.800. The van der Waals surface area contributed by atoms with E-state index in [0.717, 1.165) is 24.9 Å². The van der Waals surface area contributed by atoms with Gasteiger partial charge in [-0.25, -0.2) is 0 Å². The van der Waals surface area contributed by atoms with Crippen LogP contribution in [-0.2, 0) is 6.42 Å². The monoisotopic (exact) mass is 232 g/mol. The Hall–Kier alpha value is -0.860. The van der Waals surface area contributed by atoms with Gasteiger partial charge in [0.15, 0.2) is 0 Å². The maximum Gasteiger partial charge on any atom is 0.0904 e. The summed E-state index contributed by atoms with van der Waals surface area (Å²) >= 11 is 0. The Morgan fingerprint density at radius 1 is 1.06 bits per heavy atom. The van der Waals surface area contributed by atoms with Gasteiger partial charge >= 0.3 is 0 Å². The van der Waals surface area contributed by atoms with Crippen molar-refractivity contribution in [2.75, 3.05) is 6.54 Å². The van der Waals surface area contributed by atoms with Gasteiger partial charge in [-0.05, 0) is 5.56 Å². The first-order chi connectivity index (χ1) is 8.33. The van der Waals surface area contributed by atoms with E-state index < -0.39 is 0 Å². The first-order valence-corrected chi connectivity index (χ1v) is 6.90. The van der Waals surface area contributed by atoms with E-state index in [1.165, 1.54) is 31.4 Å². The molecule has 4 atom stereocenters. The minimum absolute atomic E-state index is 0.0204. The van der Waals surface area contributed by atoms with Gasteiger partial charge in [-0.2, -0.15) is 0 Å². The molecule has 0 aliphatic carbocycles. The Labute approximate surface area is 103 Å². The summed E-state index contributed by atoms with van der Waals surface area (Å²) in [5.41, 5.74) is 1.45. The lowest BCUT2D eigenvalue weighted by Gasteiger charge is -2.34. The summed E-state index contributed by atoms with van der Waals surface area (Å²) < 4.78 is 0. The smallest absolute Gasteiger partial charge is 0.0904 e. The topological polar surface area (TPSA) is 24.7 Å². The van der Waals surface area contributed by atoms with Gasteiger partial charge < -0.3 is 10.0 Å². The van der Waals surface area contributed by atoms with Gasteiger partial charge in [-0.15, -0.1) is 0 Å². The van der Waals surface area contributed by atoms with Crippen molar-refractivity contribution in [3.05, 3.63) is 35.9 Å². The molecule has 0 amide bonds. The molecule has 0 saturated carbocycles. The van der Waals surface area contributed by atoms with Crippen LogP contribution < -0.4 is 4.90 Å². The number of hydrogen-bond donors (Lipinski definition) is 2. The van der Waals surface area contributed by atoms with Gasteiger partial charge in [0, 0.05) is 32.1 Å². The van der Waals surface area contributed by atoms with Crippen molar-refractivity contribution in [3.8, 4) is 0 Å². The van der Waals surface area contributed by atoms with E-state index in [9.17, 15) is 5.11 Å². The first-order valence-electron chi connectivity index (χ1n) is 6.90. The van der Waals surface area contributed by atoms with E-state index in [1.54, 1.807) is 4.90 Å². The van der Waals surface area contributed by atoms with Crippen molar-refractivity contribution in [3.63, 3.8) is 0 Å². The van der Waals surface area contributed by atoms with Crippen LogP contribution in [0.5, 0.6) is 0 Å². The van der Waals surface area contributed by atoms with E-state index in [1.807, 2.05) is 0 Å². The molecule has 2 fully saturated rings. The molecular formula is C15H22NO+. The van der Waals surface area contributed by atoms with Crippen LogP contribution in [0.25, 0.3) is 0 Å². The Morgan fingerprint density at radius 3 is 2.35 bits per heavy atom. The number of quaternary nitrogens is 1. The maximum absolute atomic E-state index is 9.78. The summed E-state index contributed by atoms with van der Waals surface area (Å²) in [4.78, 5) is 1.76. The Balaban J connectivity index is 1.60. The summed E-state index contributed by atoms with van der Waals surface area (Å²) in [7, 11) is 0. The second-order valence-corrected chi connectivity index (χ2v) is 5.66. The van der Waals surface area contributed by atoms with Crippen LogP contribution in [0, 0.1) is 0 Å². The van der Waals surface area contributed by atoms with Crippen LogP contribution in [0.2, 0.25) is 0 Å². The van der Waals surface area contributed by atoms with E-state index in [2.05, 4.69) is 30.3 Å². The second kappa shape index (κ2) is 4.79. The molecule has 2 bridgehead atoms. The zero-order chi connectivity index (χ0) is 11.7. The molecule has 1 aromatic carbocycles. The molecule has 2 saturated heterocycles. The van der Waals surface area contributed by atoms with E-state index >= 15 is 0 Å². The largest absolute Gasteiger partial charge is 0.393 e. The van der Waals surface area contributed by atoms with Crippen molar-refractivity contribution in [1.29, 1.82) is 0 Å². The van der Waals surface area contributed by atoms with E-state index in [0.29, 0.717) is 0 Å². The predicted molar refractivity (Wildman–Crippen MR) is 68.0 cm³/mol. The summed E-state index contributed by atoms with van der Waals surface area (Å²) in [6, 6.07) is 12.2. The Bertz CT molecular complexity index is 350. The number of aliphatic hydroxyl groups excluding tert-OH is 1. The lowest BCUT2D eigenvalue weighted by atomic mass is 9.99. The quantitative estimate of drug-likeness (QED) is 0.791. The molecule has 2 heterocycles. The van der Waals surface area contributed by atoms with Crippen LogP contribution in [0.3, 0.4) is 0 Å². The number of nitrogens with one attached hydrogen (secondary N) is 1. The van der Waals surface area contributed by atoms with Crippen LogP contribution in [0.1, 0.15) is 31.2 Å². The highest BCUT2D eigenvalue weighted by atomic mass is 16.3. The van der Waals surface area contributed by atoms with Crippen molar-refractivity contribution in [2.24, 2.45) is 0 Å². The van der Waals surface area contributed by atoms with Crippen LogP contribution in [-0.4, -0.2) is 29.8 Å². The zero-order valence-corrected chi connectivity index (χ0v) is 10.3. The molecule has 2 aliphatic heterocycles. The summed E-state index contributed by atoms with van der Waals surface area (Å²) in [5, 5.41) is 9.78. The Morgan fingerprint density at radius 2 is 1.71 bits per heavy atom. The average Bonchev–Trinajstić information content (AvgIpc) is 2.59. The van der Waals surface area contributed by atoms with E-state index in [-0.39, 0.29) is 6.10 Å². The second-order valence-electron chi connectivity index (χ2n) is 5.66. The van der Waals surface area contributed by atoms with Crippen molar-refractivity contribution in [2.45, 2.75) is 50.3 Å². The highest BCUT2D eigenvalue weighted by molar-refractivity contribution is 5.14. The molecule has 0 spiro atoms. The molecular weight excluding hydrogens is 210 g/mol. The summed E-state index contributed by atoms with van der Waals surface area (Å²) in [5.74, 6) is 0.